The third kappa shape index (κ3) is 2.28. The lowest BCUT2D eigenvalue weighted by Crippen LogP contribution is -2.28. The fourth-order valence-electron chi connectivity index (χ4n) is 2.80. The molecule has 2 aromatic rings. The molecule has 0 saturated carbocycles. The quantitative estimate of drug-likeness (QED) is 0.806. The molecule has 0 spiro atoms. The van der Waals surface area contributed by atoms with Crippen molar-refractivity contribution in [3.8, 4) is 0 Å². The van der Waals surface area contributed by atoms with Crippen molar-refractivity contribution >= 4 is 17.7 Å². The molecule has 106 valence electrons. The summed E-state index contributed by atoms with van der Waals surface area (Å²) in [5, 5.41) is 0. The minimum atomic E-state index is -0.477. The smallest absolute Gasteiger partial charge is 0.335 e. The Morgan fingerprint density at radius 3 is 2.00 bits per heavy atom. The Balaban J connectivity index is 2.22. The highest BCUT2D eigenvalue weighted by Crippen LogP contribution is 2.52. The van der Waals surface area contributed by atoms with Crippen molar-refractivity contribution in [1.82, 2.24) is 0 Å². The molecule has 0 radical (unpaired) electrons. The molecular weight excluding hydrogens is 280 g/mol. The summed E-state index contributed by atoms with van der Waals surface area (Å²) < 4.78 is 4.54. The van der Waals surface area contributed by atoms with Crippen LogP contribution in [0.3, 0.4) is 0 Å². The minimum absolute atomic E-state index is 0.257. The van der Waals surface area contributed by atoms with Crippen LogP contribution >= 0.6 is 11.8 Å². The van der Waals surface area contributed by atoms with Crippen molar-refractivity contribution in [3.05, 3.63) is 83.4 Å². The number of carbonyl (C=O) groups is 1. The summed E-state index contributed by atoms with van der Waals surface area (Å²) >= 11 is 1.75. The Morgan fingerprint density at radius 1 is 1.00 bits per heavy atom. The van der Waals surface area contributed by atoms with Crippen LogP contribution in [0.15, 0.2) is 72.3 Å². The number of benzene rings is 2. The first-order valence-electron chi connectivity index (χ1n) is 6.83. The van der Waals surface area contributed by atoms with Gasteiger partial charge in [-0.2, -0.15) is 0 Å². The molecule has 0 aromatic heterocycles. The van der Waals surface area contributed by atoms with E-state index in [2.05, 4.69) is 24.3 Å². The number of rotatable bonds is 3. The highest BCUT2D eigenvalue weighted by Gasteiger charge is 2.45. The number of carbonyl (C=O) groups excluding carboxylic acids is 1. The number of methoxy groups -OCH3 is 1. The van der Waals surface area contributed by atoms with Crippen LogP contribution in [0.2, 0.25) is 0 Å². The lowest BCUT2D eigenvalue weighted by atomic mass is 9.83. The summed E-state index contributed by atoms with van der Waals surface area (Å²) in [6, 6.07) is 20.3. The Hall–Kier alpha value is -2.00. The van der Waals surface area contributed by atoms with Crippen LogP contribution in [0.4, 0.5) is 0 Å². The van der Waals surface area contributed by atoms with Crippen molar-refractivity contribution < 1.29 is 9.53 Å². The Bertz CT molecular complexity index is 623. The van der Waals surface area contributed by atoms with Gasteiger partial charge in [0, 0.05) is 5.75 Å². The van der Waals surface area contributed by atoms with E-state index in [4.69, 9.17) is 4.74 Å². The third-order valence-electron chi connectivity index (χ3n) is 3.73. The van der Waals surface area contributed by atoms with Gasteiger partial charge in [0.25, 0.3) is 0 Å². The molecule has 3 rings (SSSR count). The SMILES string of the molecule is COC(=O)C1=CCSC1(c1ccccc1)c1ccccc1. The van der Waals surface area contributed by atoms with Crippen LogP contribution in [0.1, 0.15) is 11.1 Å². The highest BCUT2D eigenvalue weighted by molar-refractivity contribution is 8.01. The van der Waals surface area contributed by atoms with Crippen molar-refractivity contribution in [2.24, 2.45) is 0 Å². The molecule has 0 N–H and O–H groups in total. The van der Waals surface area contributed by atoms with E-state index in [-0.39, 0.29) is 5.97 Å². The molecule has 1 heterocycles. The van der Waals surface area contributed by atoms with E-state index >= 15 is 0 Å². The minimum Gasteiger partial charge on any atom is -0.466 e. The van der Waals surface area contributed by atoms with E-state index in [0.29, 0.717) is 5.57 Å². The Morgan fingerprint density at radius 2 is 1.52 bits per heavy atom. The van der Waals surface area contributed by atoms with Crippen molar-refractivity contribution in [3.63, 3.8) is 0 Å². The van der Waals surface area contributed by atoms with E-state index in [9.17, 15) is 4.79 Å². The molecule has 2 nitrogen and oxygen atoms in total. The molecule has 0 amide bonds. The predicted molar refractivity (Wildman–Crippen MR) is 86.2 cm³/mol. The second-order valence-corrected chi connectivity index (χ2v) is 6.07. The van der Waals surface area contributed by atoms with Gasteiger partial charge < -0.3 is 4.74 Å². The molecule has 0 fully saturated rings. The normalized spacial score (nSPS) is 16.3. The number of esters is 1. The van der Waals surface area contributed by atoms with Gasteiger partial charge >= 0.3 is 5.97 Å². The zero-order valence-corrected chi connectivity index (χ0v) is 12.6. The molecule has 1 aliphatic rings. The van der Waals surface area contributed by atoms with Crippen LogP contribution in [0.5, 0.6) is 0 Å². The Kier molecular flexibility index (Phi) is 3.84. The maximum atomic E-state index is 12.3. The van der Waals surface area contributed by atoms with Gasteiger partial charge in [0.2, 0.25) is 0 Å². The number of hydrogen-bond donors (Lipinski definition) is 0. The van der Waals surface area contributed by atoms with Crippen LogP contribution < -0.4 is 0 Å². The monoisotopic (exact) mass is 296 g/mol. The van der Waals surface area contributed by atoms with Crippen LogP contribution in [-0.4, -0.2) is 18.8 Å². The van der Waals surface area contributed by atoms with Crippen LogP contribution in [0, 0.1) is 0 Å². The summed E-state index contributed by atoms with van der Waals surface area (Å²) in [6.07, 6.45) is 1.98. The van der Waals surface area contributed by atoms with Gasteiger partial charge in [0.1, 0.15) is 0 Å². The predicted octanol–water partition coefficient (Wildman–Crippen LogP) is 3.78. The van der Waals surface area contributed by atoms with Crippen molar-refractivity contribution in [2.45, 2.75) is 4.75 Å². The number of ether oxygens (including phenoxy) is 1. The first-order valence-corrected chi connectivity index (χ1v) is 7.81. The first-order chi connectivity index (χ1) is 10.3. The second kappa shape index (κ2) is 5.78. The van der Waals surface area contributed by atoms with Gasteiger partial charge in [-0.05, 0) is 11.1 Å². The van der Waals surface area contributed by atoms with Gasteiger partial charge in [-0.1, -0.05) is 66.7 Å². The molecule has 0 bridgehead atoms. The third-order valence-corrected chi connectivity index (χ3v) is 5.19. The zero-order chi connectivity index (χ0) is 14.7. The molecule has 2 aromatic carbocycles. The van der Waals surface area contributed by atoms with E-state index in [0.717, 1.165) is 16.9 Å². The highest BCUT2D eigenvalue weighted by atomic mass is 32.2. The first kappa shape index (κ1) is 14.0. The summed E-state index contributed by atoms with van der Waals surface area (Å²) in [4.78, 5) is 12.3. The summed E-state index contributed by atoms with van der Waals surface area (Å²) in [6.45, 7) is 0. The molecule has 21 heavy (non-hydrogen) atoms. The standard InChI is InChI=1S/C18H16O2S/c1-20-17(19)16-12-13-21-18(16,14-8-4-2-5-9-14)15-10-6-3-7-11-15/h2-12H,13H2,1H3. The topological polar surface area (TPSA) is 26.3 Å². The van der Waals surface area contributed by atoms with Gasteiger partial charge in [0.05, 0.1) is 17.4 Å². The largest absolute Gasteiger partial charge is 0.466 e. The molecule has 0 atom stereocenters. The van der Waals surface area contributed by atoms with E-state index in [1.807, 2.05) is 42.5 Å². The lowest BCUT2D eigenvalue weighted by molar-refractivity contribution is -0.136. The fourth-order valence-corrected chi connectivity index (χ4v) is 4.23. The average Bonchev–Trinajstić information content (AvgIpc) is 3.02. The maximum absolute atomic E-state index is 12.3. The molecule has 0 aliphatic carbocycles. The summed E-state index contributed by atoms with van der Waals surface area (Å²) in [5.41, 5.74) is 2.93. The van der Waals surface area contributed by atoms with E-state index in [1.54, 1.807) is 11.8 Å². The number of hydrogen-bond acceptors (Lipinski definition) is 3. The maximum Gasteiger partial charge on any atom is 0.335 e. The van der Waals surface area contributed by atoms with E-state index in [1.165, 1.54) is 7.11 Å². The van der Waals surface area contributed by atoms with Crippen LogP contribution in [0.25, 0.3) is 0 Å². The second-order valence-electron chi connectivity index (χ2n) is 4.83. The molecule has 0 saturated heterocycles. The van der Waals surface area contributed by atoms with Gasteiger partial charge in [-0.3, -0.25) is 0 Å². The Labute approximate surface area is 128 Å². The lowest BCUT2D eigenvalue weighted by Gasteiger charge is -2.31. The average molecular weight is 296 g/mol. The molecule has 1 aliphatic heterocycles. The van der Waals surface area contributed by atoms with Gasteiger partial charge in [0.15, 0.2) is 0 Å². The van der Waals surface area contributed by atoms with Crippen molar-refractivity contribution in [2.75, 3.05) is 12.9 Å². The summed E-state index contributed by atoms with van der Waals surface area (Å²) in [5.74, 6) is 0.543. The van der Waals surface area contributed by atoms with E-state index < -0.39 is 4.75 Å². The number of thioether (sulfide) groups is 1. The fraction of sp³-hybridized carbons (Fsp3) is 0.167. The van der Waals surface area contributed by atoms with Crippen LogP contribution in [-0.2, 0) is 14.3 Å². The summed E-state index contributed by atoms with van der Waals surface area (Å²) in [7, 11) is 1.44. The molecule has 0 unspecified atom stereocenters. The zero-order valence-electron chi connectivity index (χ0n) is 11.8. The molecule has 3 heteroatoms. The van der Waals surface area contributed by atoms with Gasteiger partial charge in [-0.25, -0.2) is 4.79 Å². The molecular formula is C18H16O2S. The van der Waals surface area contributed by atoms with Gasteiger partial charge in [-0.15, -0.1) is 11.8 Å². The van der Waals surface area contributed by atoms with Crippen molar-refractivity contribution in [1.29, 1.82) is 0 Å².